The first-order chi connectivity index (χ1) is 7.59. The second-order valence-corrected chi connectivity index (χ2v) is 5.89. The van der Waals surface area contributed by atoms with E-state index in [4.69, 9.17) is 13.6 Å². The molecule has 1 saturated carbocycles. The zero-order chi connectivity index (χ0) is 12.0. The van der Waals surface area contributed by atoms with E-state index in [1.165, 1.54) is 0 Å². The smallest absolute Gasteiger partial charge is 0.287 e. The van der Waals surface area contributed by atoms with Gasteiger partial charge in [0.2, 0.25) is 0 Å². The van der Waals surface area contributed by atoms with Crippen molar-refractivity contribution in [1.82, 2.24) is 0 Å². The van der Waals surface area contributed by atoms with Crippen LogP contribution >= 0.6 is 7.82 Å². The van der Waals surface area contributed by atoms with Crippen molar-refractivity contribution in [2.75, 3.05) is 13.2 Å². The van der Waals surface area contributed by atoms with Gasteiger partial charge in [0.25, 0.3) is 0 Å². The van der Waals surface area contributed by atoms with E-state index >= 15 is 0 Å². The topological polar surface area (TPSA) is 44.8 Å². The molecule has 0 heterocycles. The maximum atomic E-state index is 12.1. The number of phosphoric acid groups is 1. The van der Waals surface area contributed by atoms with Crippen molar-refractivity contribution < 1.29 is 18.1 Å². The molecule has 0 N–H and O–H groups in total. The monoisotopic (exact) mass is 250 g/mol. The Bertz CT molecular complexity index is 226. The lowest BCUT2D eigenvalue weighted by Gasteiger charge is -2.28. The van der Waals surface area contributed by atoms with Crippen LogP contribution in [-0.2, 0) is 18.1 Å². The number of hydrogen-bond donors (Lipinski definition) is 0. The van der Waals surface area contributed by atoms with Gasteiger partial charge in [0, 0.05) is 0 Å². The van der Waals surface area contributed by atoms with Crippen molar-refractivity contribution in [2.45, 2.75) is 52.6 Å². The van der Waals surface area contributed by atoms with Crippen molar-refractivity contribution in [1.29, 1.82) is 0 Å². The van der Waals surface area contributed by atoms with Gasteiger partial charge in [-0.25, -0.2) is 4.57 Å². The van der Waals surface area contributed by atoms with E-state index in [9.17, 15) is 4.57 Å². The van der Waals surface area contributed by atoms with Crippen LogP contribution in [0.25, 0.3) is 0 Å². The summed E-state index contributed by atoms with van der Waals surface area (Å²) < 4.78 is 27.8. The van der Waals surface area contributed by atoms with Crippen LogP contribution in [-0.4, -0.2) is 19.3 Å². The Morgan fingerprint density at radius 2 is 1.56 bits per heavy atom. The van der Waals surface area contributed by atoms with Gasteiger partial charge in [-0.1, -0.05) is 6.92 Å². The van der Waals surface area contributed by atoms with Gasteiger partial charge in [-0.3, -0.25) is 13.6 Å². The van der Waals surface area contributed by atoms with Crippen LogP contribution in [0.15, 0.2) is 0 Å². The molecule has 0 aromatic heterocycles. The molecule has 1 aliphatic carbocycles. The number of rotatable bonds is 6. The first kappa shape index (κ1) is 14.2. The fourth-order valence-electron chi connectivity index (χ4n) is 1.93. The fourth-order valence-corrected chi connectivity index (χ4v) is 3.34. The molecule has 96 valence electrons. The van der Waals surface area contributed by atoms with Crippen LogP contribution in [0.1, 0.15) is 46.5 Å². The third-order valence-corrected chi connectivity index (χ3v) is 4.52. The number of phosphoric ester groups is 1. The van der Waals surface area contributed by atoms with E-state index in [-0.39, 0.29) is 6.10 Å². The molecule has 0 radical (unpaired) electrons. The Morgan fingerprint density at radius 3 is 2.00 bits per heavy atom. The first-order valence-corrected chi connectivity index (χ1v) is 7.63. The maximum Gasteiger partial charge on any atom is 0.475 e. The molecule has 0 spiro atoms. The van der Waals surface area contributed by atoms with Gasteiger partial charge >= 0.3 is 7.82 Å². The van der Waals surface area contributed by atoms with Crippen LogP contribution in [0.3, 0.4) is 0 Å². The number of hydrogen-bond acceptors (Lipinski definition) is 4. The molecule has 1 aliphatic rings. The van der Waals surface area contributed by atoms with Crippen molar-refractivity contribution in [3.63, 3.8) is 0 Å². The zero-order valence-corrected chi connectivity index (χ0v) is 11.4. The Labute approximate surface area is 98.3 Å². The molecule has 1 fully saturated rings. The lowest BCUT2D eigenvalue weighted by Crippen LogP contribution is -2.20. The van der Waals surface area contributed by atoms with Crippen molar-refractivity contribution in [2.24, 2.45) is 5.92 Å². The summed E-state index contributed by atoms with van der Waals surface area (Å²) in [6.45, 7) is 6.51. The first-order valence-electron chi connectivity index (χ1n) is 6.17. The third-order valence-electron chi connectivity index (χ3n) is 2.82. The molecule has 0 atom stereocenters. The van der Waals surface area contributed by atoms with Crippen LogP contribution < -0.4 is 0 Å². The van der Waals surface area contributed by atoms with Gasteiger partial charge < -0.3 is 0 Å². The second-order valence-electron chi connectivity index (χ2n) is 4.27. The van der Waals surface area contributed by atoms with Crippen LogP contribution in [0.5, 0.6) is 0 Å². The Balaban J connectivity index is 2.45. The summed E-state index contributed by atoms with van der Waals surface area (Å²) >= 11 is 0. The highest BCUT2D eigenvalue weighted by Crippen LogP contribution is 2.52. The standard InChI is InChI=1S/C11H23O4P/c1-4-13-16(12,14-5-2)15-11-8-6-10(3)7-9-11/h10-11H,4-9H2,1-3H3. The molecule has 0 aromatic rings. The fraction of sp³-hybridized carbons (Fsp3) is 1.00. The van der Waals surface area contributed by atoms with E-state index in [0.717, 1.165) is 31.6 Å². The average molecular weight is 250 g/mol. The summed E-state index contributed by atoms with van der Waals surface area (Å²) in [6.07, 6.45) is 4.18. The summed E-state index contributed by atoms with van der Waals surface area (Å²) in [5.41, 5.74) is 0. The van der Waals surface area contributed by atoms with Crippen LogP contribution in [0.4, 0.5) is 0 Å². The van der Waals surface area contributed by atoms with E-state index in [2.05, 4.69) is 6.92 Å². The normalized spacial score (nSPS) is 26.9. The Kier molecular flexibility index (Phi) is 5.98. The quantitative estimate of drug-likeness (QED) is 0.673. The molecule has 16 heavy (non-hydrogen) atoms. The SMILES string of the molecule is CCOP(=O)(OCC)OC1CCC(C)CC1. The molecule has 0 aromatic carbocycles. The molecule has 5 heteroatoms. The summed E-state index contributed by atoms with van der Waals surface area (Å²) in [4.78, 5) is 0. The highest BCUT2D eigenvalue weighted by atomic mass is 31.2. The van der Waals surface area contributed by atoms with Crippen molar-refractivity contribution in [3.8, 4) is 0 Å². The molecule has 0 unspecified atom stereocenters. The Morgan fingerprint density at radius 1 is 1.06 bits per heavy atom. The predicted molar refractivity (Wildman–Crippen MR) is 63.4 cm³/mol. The Hall–Kier alpha value is 0.110. The van der Waals surface area contributed by atoms with Crippen molar-refractivity contribution in [3.05, 3.63) is 0 Å². The highest BCUT2D eigenvalue weighted by Gasteiger charge is 2.31. The predicted octanol–water partition coefficient (Wildman–Crippen LogP) is 3.76. The minimum absolute atomic E-state index is 0.0279. The minimum atomic E-state index is -3.31. The molecule has 0 saturated heterocycles. The zero-order valence-electron chi connectivity index (χ0n) is 10.5. The lowest BCUT2D eigenvalue weighted by atomic mass is 9.89. The third kappa shape index (κ3) is 4.54. The van der Waals surface area contributed by atoms with Gasteiger partial charge in [0.15, 0.2) is 0 Å². The molecular formula is C11H23O4P. The van der Waals surface area contributed by atoms with Gasteiger partial charge in [-0.15, -0.1) is 0 Å². The molecule has 1 rings (SSSR count). The summed E-state index contributed by atoms with van der Waals surface area (Å²) in [5, 5.41) is 0. The highest BCUT2D eigenvalue weighted by molar-refractivity contribution is 7.48. The maximum absolute atomic E-state index is 12.1. The van der Waals surface area contributed by atoms with Crippen molar-refractivity contribution >= 4 is 7.82 Å². The van der Waals surface area contributed by atoms with E-state index in [0.29, 0.717) is 13.2 Å². The second kappa shape index (κ2) is 6.75. The summed E-state index contributed by atoms with van der Waals surface area (Å²) in [6, 6.07) is 0. The minimum Gasteiger partial charge on any atom is -0.287 e. The summed E-state index contributed by atoms with van der Waals surface area (Å²) in [5.74, 6) is 0.749. The largest absolute Gasteiger partial charge is 0.475 e. The van der Waals surface area contributed by atoms with E-state index in [1.54, 1.807) is 13.8 Å². The van der Waals surface area contributed by atoms with Gasteiger partial charge in [-0.05, 0) is 45.4 Å². The lowest BCUT2D eigenvalue weighted by molar-refractivity contribution is 0.0591. The van der Waals surface area contributed by atoms with E-state index in [1.807, 2.05) is 0 Å². The van der Waals surface area contributed by atoms with Gasteiger partial charge in [0.05, 0.1) is 19.3 Å². The van der Waals surface area contributed by atoms with Gasteiger partial charge in [-0.2, -0.15) is 0 Å². The van der Waals surface area contributed by atoms with Crippen LogP contribution in [0.2, 0.25) is 0 Å². The average Bonchev–Trinajstić information content (AvgIpc) is 2.22. The molecule has 0 aliphatic heterocycles. The molecular weight excluding hydrogens is 227 g/mol. The van der Waals surface area contributed by atoms with Gasteiger partial charge in [0.1, 0.15) is 0 Å². The summed E-state index contributed by atoms with van der Waals surface area (Å²) in [7, 11) is -3.31. The van der Waals surface area contributed by atoms with Crippen LogP contribution in [0, 0.1) is 5.92 Å². The molecule has 4 nitrogen and oxygen atoms in total. The molecule has 0 bridgehead atoms. The van der Waals surface area contributed by atoms with E-state index < -0.39 is 7.82 Å². The molecule has 0 amide bonds.